The van der Waals surface area contributed by atoms with E-state index in [1.807, 2.05) is 44.6 Å². The van der Waals surface area contributed by atoms with E-state index >= 15 is 0 Å². The second kappa shape index (κ2) is 9.85. The molecule has 0 atom stereocenters. The van der Waals surface area contributed by atoms with Gasteiger partial charge >= 0.3 is 0 Å². The number of hydrogen-bond donors (Lipinski definition) is 1. The first-order valence-corrected chi connectivity index (χ1v) is 12.3. The Bertz CT molecular complexity index is 1210. The SMILES string of the molecule is CCN(CC)S(=O)(=O)c1ccc(C)c(C(=O)Nc2ccc3c(ccn3CCN(C)C)c2)c1. The van der Waals surface area contributed by atoms with Gasteiger partial charge < -0.3 is 14.8 Å². The molecule has 3 rings (SSSR count). The van der Waals surface area contributed by atoms with Crippen LogP contribution in [0.25, 0.3) is 10.9 Å². The fourth-order valence-corrected chi connectivity index (χ4v) is 5.18. The number of likely N-dealkylation sites (N-methyl/N-ethyl adjacent to an activating group) is 1. The number of sulfonamides is 1. The van der Waals surface area contributed by atoms with Crippen LogP contribution in [0.5, 0.6) is 0 Å². The Kier molecular flexibility index (Phi) is 7.38. The molecule has 1 heterocycles. The van der Waals surface area contributed by atoms with Crippen LogP contribution in [0.4, 0.5) is 5.69 Å². The third kappa shape index (κ3) is 5.03. The summed E-state index contributed by atoms with van der Waals surface area (Å²) in [5.74, 6) is -0.328. The van der Waals surface area contributed by atoms with Crippen LogP contribution in [0.3, 0.4) is 0 Å². The van der Waals surface area contributed by atoms with Crippen LogP contribution >= 0.6 is 0 Å². The first-order chi connectivity index (χ1) is 15.2. The number of anilines is 1. The van der Waals surface area contributed by atoms with Crippen molar-refractivity contribution in [3.8, 4) is 0 Å². The lowest BCUT2D eigenvalue weighted by Gasteiger charge is -2.19. The summed E-state index contributed by atoms with van der Waals surface area (Å²) in [6, 6.07) is 12.5. The van der Waals surface area contributed by atoms with Crippen molar-refractivity contribution in [2.24, 2.45) is 0 Å². The summed E-state index contributed by atoms with van der Waals surface area (Å²) >= 11 is 0. The number of fused-ring (bicyclic) bond motifs is 1. The fraction of sp³-hybridized carbons (Fsp3) is 0.375. The standard InChI is InChI=1S/C24H32N4O3S/c1-6-28(7-2)32(30,31)21-10-8-18(3)22(17-21)24(29)25-20-9-11-23-19(16-20)12-13-27(23)15-14-26(4)5/h8-13,16-17H,6-7,14-15H2,1-5H3,(H,25,29). The normalized spacial score (nSPS) is 12.1. The fourth-order valence-electron chi connectivity index (χ4n) is 3.70. The zero-order valence-corrected chi connectivity index (χ0v) is 20.2. The van der Waals surface area contributed by atoms with E-state index in [1.165, 1.54) is 10.4 Å². The van der Waals surface area contributed by atoms with Gasteiger partial charge in [0.1, 0.15) is 0 Å². The quantitative estimate of drug-likeness (QED) is 0.532. The highest BCUT2D eigenvalue weighted by Crippen LogP contribution is 2.23. The Morgan fingerprint density at radius 2 is 1.75 bits per heavy atom. The van der Waals surface area contributed by atoms with Crippen molar-refractivity contribution in [3.63, 3.8) is 0 Å². The molecule has 3 aromatic rings. The van der Waals surface area contributed by atoms with Crippen molar-refractivity contribution in [2.75, 3.05) is 39.0 Å². The highest BCUT2D eigenvalue weighted by molar-refractivity contribution is 7.89. The Balaban J connectivity index is 1.85. The molecule has 0 aliphatic heterocycles. The second-order valence-electron chi connectivity index (χ2n) is 8.11. The summed E-state index contributed by atoms with van der Waals surface area (Å²) in [6.07, 6.45) is 2.05. The zero-order valence-electron chi connectivity index (χ0n) is 19.4. The third-order valence-electron chi connectivity index (χ3n) is 5.61. The van der Waals surface area contributed by atoms with Gasteiger partial charge in [0.05, 0.1) is 4.90 Å². The number of rotatable bonds is 9. The maximum atomic E-state index is 13.0. The van der Waals surface area contributed by atoms with E-state index < -0.39 is 10.0 Å². The average molecular weight is 457 g/mol. The molecular weight excluding hydrogens is 424 g/mol. The molecule has 0 fully saturated rings. The molecular formula is C24H32N4O3S. The van der Waals surface area contributed by atoms with Gasteiger partial charge in [-0.3, -0.25) is 4.79 Å². The Morgan fingerprint density at radius 1 is 1.03 bits per heavy atom. The number of nitrogens with zero attached hydrogens (tertiary/aromatic N) is 3. The minimum absolute atomic E-state index is 0.130. The molecule has 0 aliphatic carbocycles. The smallest absolute Gasteiger partial charge is 0.255 e. The largest absolute Gasteiger partial charge is 0.346 e. The van der Waals surface area contributed by atoms with Gasteiger partial charge in [0.2, 0.25) is 10.0 Å². The lowest BCUT2D eigenvalue weighted by molar-refractivity contribution is 0.102. The average Bonchev–Trinajstić information content (AvgIpc) is 3.15. The molecule has 1 amide bonds. The van der Waals surface area contributed by atoms with Crippen molar-refractivity contribution >= 4 is 32.5 Å². The molecule has 0 saturated heterocycles. The van der Waals surface area contributed by atoms with Gasteiger partial charge in [0.25, 0.3) is 5.91 Å². The van der Waals surface area contributed by atoms with Crippen LogP contribution in [0.15, 0.2) is 53.6 Å². The lowest BCUT2D eigenvalue weighted by Crippen LogP contribution is -2.30. The molecule has 0 bridgehead atoms. The number of carbonyl (C=O) groups is 1. The van der Waals surface area contributed by atoms with Crippen molar-refractivity contribution in [1.29, 1.82) is 0 Å². The number of amides is 1. The molecule has 0 saturated carbocycles. The number of benzene rings is 2. The van der Waals surface area contributed by atoms with Crippen molar-refractivity contribution in [1.82, 2.24) is 13.8 Å². The summed E-state index contributed by atoms with van der Waals surface area (Å²) < 4.78 is 29.3. The third-order valence-corrected chi connectivity index (χ3v) is 7.66. The van der Waals surface area contributed by atoms with Gasteiger partial charge in [-0.05, 0) is 63.0 Å². The molecule has 1 N–H and O–H groups in total. The molecule has 172 valence electrons. The summed E-state index contributed by atoms with van der Waals surface area (Å²) in [5, 5.41) is 3.96. The van der Waals surface area contributed by atoms with E-state index in [4.69, 9.17) is 0 Å². The predicted molar refractivity (Wildman–Crippen MR) is 130 cm³/mol. The van der Waals surface area contributed by atoms with Gasteiger partial charge in [0, 0.05) is 54.5 Å². The second-order valence-corrected chi connectivity index (χ2v) is 10.0. The number of aryl methyl sites for hydroxylation is 1. The molecule has 0 aliphatic rings. The van der Waals surface area contributed by atoms with Gasteiger partial charge in [-0.1, -0.05) is 19.9 Å². The monoisotopic (exact) mass is 456 g/mol. The van der Waals surface area contributed by atoms with E-state index in [-0.39, 0.29) is 10.8 Å². The maximum Gasteiger partial charge on any atom is 0.255 e. The minimum Gasteiger partial charge on any atom is -0.346 e. The van der Waals surface area contributed by atoms with Crippen LogP contribution in [-0.2, 0) is 16.6 Å². The molecule has 2 aromatic carbocycles. The summed E-state index contributed by atoms with van der Waals surface area (Å²) in [7, 11) is 0.453. The summed E-state index contributed by atoms with van der Waals surface area (Å²) in [4.78, 5) is 15.3. The minimum atomic E-state index is -3.64. The molecule has 0 unspecified atom stereocenters. The lowest BCUT2D eigenvalue weighted by atomic mass is 10.1. The van der Waals surface area contributed by atoms with Crippen molar-refractivity contribution in [2.45, 2.75) is 32.2 Å². The number of hydrogen-bond acceptors (Lipinski definition) is 4. The molecule has 7 nitrogen and oxygen atoms in total. The highest BCUT2D eigenvalue weighted by Gasteiger charge is 2.23. The van der Waals surface area contributed by atoms with E-state index in [1.54, 1.807) is 32.9 Å². The molecule has 1 aromatic heterocycles. The van der Waals surface area contributed by atoms with Crippen LogP contribution in [0, 0.1) is 6.92 Å². The molecule has 0 spiro atoms. The highest BCUT2D eigenvalue weighted by atomic mass is 32.2. The van der Waals surface area contributed by atoms with Crippen LogP contribution < -0.4 is 5.32 Å². The van der Waals surface area contributed by atoms with Crippen molar-refractivity contribution in [3.05, 3.63) is 59.8 Å². The van der Waals surface area contributed by atoms with Gasteiger partial charge in [-0.25, -0.2) is 8.42 Å². The Hall–Kier alpha value is -2.68. The van der Waals surface area contributed by atoms with Gasteiger partial charge in [-0.15, -0.1) is 0 Å². The van der Waals surface area contributed by atoms with Crippen LogP contribution in [-0.4, -0.2) is 61.8 Å². The van der Waals surface area contributed by atoms with E-state index in [0.717, 1.165) is 29.6 Å². The number of aromatic nitrogens is 1. The van der Waals surface area contributed by atoms with Crippen LogP contribution in [0.1, 0.15) is 29.8 Å². The predicted octanol–water partition coefficient (Wildman–Crippen LogP) is 3.79. The topological polar surface area (TPSA) is 74.6 Å². The first-order valence-electron chi connectivity index (χ1n) is 10.8. The summed E-state index contributed by atoms with van der Waals surface area (Å²) in [5.41, 5.74) is 2.84. The van der Waals surface area contributed by atoms with Crippen LogP contribution in [0.2, 0.25) is 0 Å². The summed E-state index contributed by atoms with van der Waals surface area (Å²) in [6.45, 7) is 7.98. The number of carbonyl (C=O) groups excluding carboxylic acids is 1. The maximum absolute atomic E-state index is 13.0. The Morgan fingerprint density at radius 3 is 2.41 bits per heavy atom. The molecule has 32 heavy (non-hydrogen) atoms. The van der Waals surface area contributed by atoms with Gasteiger partial charge in [0.15, 0.2) is 0 Å². The van der Waals surface area contributed by atoms with Crippen molar-refractivity contribution < 1.29 is 13.2 Å². The van der Waals surface area contributed by atoms with E-state index in [9.17, 15) is 13.2 Å². The number of nitrogens with one attached hydrogen (secondary N) is 1. The van der Waals surface area contributed by atoms with E-state index in [2.05, 4.69) is 14.8 Å². The molecule has 0 radical (unpaired) electrons. The first kappa shape index (κ1) is 24.0. The van der Waals surface area contributed by atoms with E-state index in [0.29, 0.717) is 24.3 Å². The zero-order chi connectivity index (χ0) is 23.5. The molecule has 8 heteroatoms. The van der Waals surface area contributed by atoms with Gasteiger partial charge in [-0.2, -0.15) is 4.31 Å². The Labute approximate surface area is 190 Å².